The minimum atomic E-state index is -0.523. The van der Waals surface area contributed by atoms with E-state index in [-0.39, 0.29) is 18.0 Å². The number of carbonyl (C=O) groups excluding carboxylic acids is 3. The molecule has 0 amide bonds. The fraction of sp³-hybridized carbons (Fsp3) is 0.438. The van der Waals surface area contributed by atoms with Gasteiger partial charge < -0.3 is 4.74 Å². The van der Waals surface area contributed by atoms with E-state index < -0.39 is 12.1 Å². The number of Topliss-reactive ketones (excluding diaryl/α,β-unsaturated/α-hetero) is 2. The number of carbonyl (C=O) groups is 3. The molecule has 0 aromatic heterocycles. The first-order valence-electron chi connectivity index (χ1n) is 6.56. The van der Waals surface area contributed by atoms with Crippen LogP contribution in [0.15, 0.2) is 34.4 Å². The number of esters is 1. The first-order valence-corrected chi connectivity index (χ1v) is 6.56. The van der Waals surface area contributed by atoms with Gasteiger partial charge in [0.2, 0.25) is 0 Å². The molecule has 20 heavy (non-hydrogen) atoms. The molecule has 0 saturated heterocycles. The Morgan fingerprint density at radius 1 is 1.10 bits per heavy atom. The molecule has 0 heterocycles. The van der Waals surface area contributed by atoms with Crippen molar-refractivity contribution in [1.29, 1.82) is 0 Å². The van der Waals surface area contributed by atoms with Crippen LogP contribution in [0, 0.1) is 0 Å². The van der Waals surface area contributed by atoms with E-state index in [1.54, 1.807) is 39.8 Å². The molecule has 1 aliphatic carbocycles. The topological polar surface area (TPSA) is 60.4 Å². The van der Waals surface area contributed by atoms with Crippen LogP contribution in [-0.2, 0) is 19.1 Å². The van der Waals surface area contributed by atoms with E-state index in [1.165, 1.54) is 6.92 Å². The zero-order valence-corrected chi connectivity index (χ0v) is 12.6. The maximum Gasteiger partial charge on any atom is 0.303 e. The third-order valence-corrected chi connectivity index (χ3v) is 3.44. The van der Waals surface area contributed by atoms with Gasteiger partial charge in [0, 0.05) is 35.6 Å². The molecule has 108 valence electrons. The standard InChI is InChI=1S/C16H20O4/c1-6-7-13(20-12(5)17)8-14-11(4)15(18)9(2)10(3)16(14)19/h6-7,13H,8H2,1-5H3/b7-6+. The Hall–Kier alpha value is -1.97. The Balaban J connectivity index is 3.08. The first-order chi connectivity index (χ1) is 9.29. The Bertz CT molecular complexity index is 547. The zero-order valence-electron chi connectivity index (χ0n) is 12.6. The van der Waals surface area contributed by atoms with Crippen molar-refractivity contribution < 1.29 is 19.1 Å². The Labute approximate surface area is 119 Å². The van der Waals surface area contributed by atoms with Crippen molar-refractivity contribution in [1.82, 2.24) is 0 Å². The van der Waals surface area contributed by atoms with Crippen LogP contribution < -0.4 is 0 Å². The molecule has 0 N–H and O–H groups in total. The fourth-order valence-corrected chi connectivity index (χ4v) is 2.18. The van der Waals surface area contributed by atoms with Gasteiger partial charge in [0.1, 0.15) is 6.10 Å². The lowest BCUT2D eigenvalue weighted by Gasteiger charge is -2.21. The van der Waals surface area contributed by atoms with Gasteiger partial charge in [-0.1, -0.05) is 6.08 Å². The van der Waals surface area contributed by atoms with Crippen molar-refractivity contribution in [2.45, 2.75) is 47.1 Å². The Kier molecular flexibility index (Phi) is 5.19. The SMILES string of the molecule is C/C=C/C(CC1=C(C)C(=O)C(C)=C(C)C1=O)OC(C)=O. The summed E-state index contributed by atoms with van der Waals surface area (Å²) in [4.78, 5) is 35.4. The second-order valence-electron chi connectivity index (χ2n) is 4.89. The van der Waals surface area contributed by atoms with E-state index in [4.69, 9.17) is 4.74 Å². The average molecular weight is 276 g/mol. The van der Waals surface area contributed by atoms with Gasteiger partial charge in [-0.2, -0.15) is 0 Å². The van der Waals surface area contributed by atoms with Crippen LogP contribution in [0.1, 0.15) is 41.0 Å². The van der Waals surface area contributed by atoms with E-state index in [0.717, 1.165) is 0 Å². The van der Waals surface area contributed by atoms with Crippen molar-refractivity contribution in [3.05, 3.63) is 34.4 Å². The molecular formula is C16H20O4. The van der Waals surface area contributed by atoms with E-state index in [2.05, 4.69) is 0 Å². The number of hydrogen-bond acceptors (Lipinski definition) is 4. The highest BCUT2D eigenvalue weighted by molar-refractivity contribution is 6.24. The summed E-state index contributed by atoms with van der Waals surface area (Å²) < 4.78 is 5.15. The predicted octanol–water partition coefficient (Wildman–Crippen LogP) is 2.69. The molecule has 0 aromatic carbocycles. The van der Waals surface area contributed by atoms with E-state index >= 15 is 0 Å². The van der Waals surface area contributed by atoms with Crippen LogP contribution in [0.25, 0.3) is 0 Å². The van der Waals surface area contributed by atoms with Crippen molar-refractivity contribution in [3.8, 4) is 0 Å². The molecule has 4 nitrogen and oxygen atoms in total. The quantitative estimate of drug-likeness (QED) is 0.450. The molecule has 0 bridgehead atoms. The number of ketones is 2. The summed E-state index contributed by atoms with van der Waals surface area (Å²) in [6.07, 6.45) is 3.17. The summed E-state index contributed by atoms with van der Waals surface area (Å²) in [6.45, 7) is 8.08. The highest BCUT2D eigenvalue weighted by Crippen LogP contribution is 2.27. The van der Waals surface area contributed by atoms with Crippen LogP contribution in [-0.4, -0.2) is 23.6 Å². The second-order valence-corrected chi connectivity index (χ2v) is 4.89. The van der Waals surface area contributed by atoms with Crippen molar-refractivity contribution >= 4 is 17.5 Å². The zero-order chi connectivity index (χ0) is 15.4. The van der Waals surface area contributed by atoms with E-state index in [0.29, 0.717) is 22.3 Å². The molecule has 0 radical (unpaired) electrons. The smallest absolute Gasteiger partial charge is 0.303 e. The Morgan fingerprint density at radius 3 is 2.15 bits per heavy atom. The minimum absolute atomic E-state index is 0.112. The average Bonchev–Trinajstić information content (AvgIpc) is 2.38. The Morgan fingerprint density at radius 2 is 1.65 bits per heavy atom. The normalized spacial score (nSPS) is 18.1. The van der Waals surface area contributed by atoms with Gasteiger partial charge in [0.25, 0.3) is 0 Å². The van der Waals surface area contributed by atoms with E-state index in [1.807, 2.05) is 0 Å². The van der Waals surface area contributed by atoms with Gasteiger partial charge in [-0.05, 0) is 33.8 Å². The van der Waals surface area contributed by atoms with Crippen LogP contribution in [0.2, 0.25) is 0 Å². The number of hydrogen-bond donors (Lipinski definition) is 0. The lowest BCUT2D eigenvalue weighted by molar-refractivity contribution is -0.144. The second kappa shape index (κ2) is 6.46. The van der Waals surface area contributed by atoms with Gasteiger partial charge in [-0.25, -0.2) is 0 Å². The summed E-state index contributed by atoms with van der Waals surface area (Å²) in [7, 11) is 0. The molecule has 4 heteroatoms. The van der Waals surface area contributed by atoms with Crippen LogP contribution in [0.3, 0.4) is 0 Å². The summed E-state index contributed by atoms with van der Waals surface area (Å²) >= 11 is 0. The maximum atomic E-state index is 12.3. The molecule has 0 spiro atoms. The summed E-state index contributed by atoms with van der Waals surface area (Å²) in [6, 6.07) is 0. The molecule has 1 rings (SSSR count). The largest absolute Gasteiger partial charge is 0.458 e. The molecule has 1 aliphatic rings. The number of ether oxygens (including phenoxy) is 1. The van der Waals surface area contributed by atoms with Crippen LogP contribution >= 0.6 is 0 Å². The number of rotatable bonds is 4. The van der Waals surface area contributed by atoms with Gasteiger partial charge in [0.05, 0.1) is 0 Å². The molecule has 0 saturated carbocycles. The minimum Gasteiger partial charge on any atom is -0.458 e. The molecule has 0 fully saturated rings. The molecule has 1 atom stereocenters. The van der Waals surface area contributed by atoms with Gasteiger partial charge in [0.15, 0.2) is 11.6 Å². The molecule has 1 unspecified atom stereocenters. The lowest BCUT2D eigenvalue weighted by atomic mass is 9.83. The molecular weight excluding hydrogens is 256 g/mol. The summed E-state index contributed by atoms with van der Waals surface area (Å²) in [5, 5.41) is 0. The van der Waals surface area contributed by atoms with Crippen molar-refractivity contribution in [2.24, 2.45) is 0 Å². The molecule has 0 aromatic rings. The van der Waals surface area contributed by atoms with Gasteiger partial charge in [-0.3, -0.25) is 14.4 Å². The predicted molar refractivity (Wildman–Crippen MR) is 76.1 cm³/mol. The fourth-order valence-electron chi connectivity index (χ4n) is 2.18. The lowest BCUT2D eigenvalue weighted by Crippen LogP contribution is -2.24. The summed E-state index contributed by atoms with van der Waals surface area (Å²) in [5.41, 5.74) is 1.84. The summed E-state index contributed by atoms with van der Waals surface area (Å²) in [5.74, 6) is -0.662. The van der Waals surface area contributed by atoms with Gasteiger partial charge in [-0.15, -0.1) is 0 Å². The van der Waals surface area contributed by atoms with Crippen LogP contribution in [0.4, 0.5) is 0 Å². The van der Waals surface area contributed by atoms with Crippen molar-refractivity contribution in [3.63, 3.8) is 0 Å². The first kappa shape index (κ1) is 16.1. The third kappa shape index (κ3) is 3.32. The third-order valence-electron chi connectivity index (χ3n) is 3.44. The van der Waals surface area contributed by atoms with E-state index in [9.17, 15) is 14.4 Å². The number of allylic oxidation sites excluding steroid dienone is 4. The highest BCUT2D eigenvalue weighted by Gasteiger charge is 2.29. The highest BCUT2D eigenvalue weighted by atomic mass is 16.5. The van der Waals surface area contributed by atoms with Gasteiger partial charge >= 0.3 is 5.97 Å². The van der Waals surface area contributed by atoms with Crippen molar-refractivity contribution in [2.75, 3.05) is 0 Å². The maximum absolute atomic E-state index is 12.3. The monoisotopic (exact) mass is 276 g/mol. The molecule has 0 aliphatic heterocycles. The van der Waals surface area contributed by atoms with Crippen LogP contribution in [0.5, 0.6) is 0 Å².